The number of nitrogens with two attached hydrogens (primary N) is 1. The maximum Gasteiger partial charge on any atom is 0.334 e. The van der Waals surface area contributed by atoms with Gasteiger partial charge in [0.2, 0.25) is 5.91 Å². The second-order valence-electron chi connectivity index (χ2n) is 4.43. The standard InChI is InChI=1S/C12H24N2O4/c1-2-3-9(6-7-13)4-5-11(16)14-8-10(15)12(17)18/h9-10,15H,2-8,13H2,1H3,(H,14,16)(H,17,18). The van der Waals surface area contributed by atoms with Crippen molar-refractivity contribution < 1.29 is 19.8 Å². The molecule has 5 N–H and O–H groups in total. The predicted octanol–water partition coefficient (Wildman–Crippen LogP) is 0.0934. The van der Waals surface area contributed by atoms with Gasteiger partial charge in [0.1, 0.15) is 0 Å². The van der Waals surface area contributed by atoms with Gasteiger partial charge in [-0.25, -0.2) is 4.79 Å². The lowest BCUT2D eigenvalue weighted by molar-refractivity contribution is -0.146. The third-order valence-corrected chi connectivity index (χ3v) is 2.83. The van der Waals surface area contributed by atoms with Gasteiger partial charge in [-0.3, -0.25) is 4.79 Å². The average Bonchev–Trinajstić information content (AvgIpc) is 2.33. The van der Waals surface area contributed by atoms with Gasteiger partial charge in [0.25, 0.3) is 0 Å². The van der Waals surface area contributed by atoms with Crippen LogP contribution in [0.5, 0.6) is 0 Å². The Bertz CT molecular complexity index is 252. The Morgan fingerprint density at radius 3 is 2.44 bits per heavy atom. The summed E-state index contributed by atoms with van der Waals surface area (Å²) in [6.07, 6.45) is 2.56. The van der Waals surface area contributed by atoms with E-state index in [1.807, 2.05) is 0 Å². The fraction of sp³-hybridized carbons (Fsp3) is 0.833. The van der Waals surface area contributed by atoms with Crippen molar-refractivity contribution in [1.82, 2.24) is 5.32 Å². The molecule has 0 saturated heterocycles. The summed E-state index contributed by atoms with van der Waals surface area (Å²) in [5.74, 6) is -1.12. The van der Waals surface area contributed by atoms with Gasteiger partial charge in [0.15, 0.2) is 6.10 Å². The van der Waals surface area contributed by atoms with Crippen LogP contribution in [0.1, 0.15) is 39.0 Å². The number of aliphatic carboxylic acids is 1. The number of nitrogens with one attached hydrogen (secondary N) is 1. The number of carbonyl (C=O) groups is 2. The van der Waals surface area contributed by atoms with Gasteiger partial charge in [-0.1, -0.05) is 19.8 Å². The number of amides is 1. The highest BCUT2D eigenvalue weighted by Gasteiger charge is 2.15. The van der Waals surface area contributed by atoms with E-state index in [2.05, 4.69) is 12.2 Å². The molecule has 0 aliphatic carbocycles. The van der Waals surface area contributed by atoms with Crippen LogP contribution in [0.15, 0.2) is 0 Å². The highest BCUT2D eigenvalue weighted by Crippen LogP contribution is 2.16. The molecule has 6 nitrogen and oxygen atoms in total. The largest absolute Gasteiger partial charge is 0.479 e. The maximum atomic E-state index is 11.4. The summed E-state index contributed by atoms with van der Waals surface area (Å²) in [5.41, 5.74) is 5.50. The Labute approximate surface area is 108 Å². The minimum Gasteiger partial charge on any atom is -0.479 e. The number of carboxylic acid groups (broad SMARTS) is 1. The van der Waals surface area contributed by atoms with E-state index in [0.29, 0.717) is 18.9 Å². The summed E-state index contributed by atoms with van der Waals surface area (Å²) in [6.45, 7) is 2.46. The lowest BCUT2D eigenvalue weighted by Gasteiger charge is -2.15. The molecule has 106 valence electrons. The first-order valence-corrected chi connectivity index (χ1v) is 6.38. The summed E-state index contributed by atoms with van der Waals surface area (Å²) >= 11 is 0. The molecule has 0 rings (SSSR count). The van der Waals surface area contributed by atoms with Crippen molar-refractivity contribution in [2.75, 3.05) is 13.1 Å². The number of aliphatic hydroxyl groups excluding tert-OH is 1. The number of carbonyl (C=O) groups excluding carboxylic acids is 1. The van der Waals surface area contributed by atoms with Crippen LogP contribution in [-0.4, -0.2) is 41.3 Å². The number of hydrogen-bond acceptors (Lipinski definition) is 4. The minimum atomic E-state index is -1.54. The monoisotopic (exact) mass is 260 g/mol. The van der Waals surface area contributed by atoms with E-state index in [9.17, 15) is 9.59 Å². The topological polar surface area (TPSA) is 113 Å². The first kappa shape index (κ1) is 16.9. The van der Waals surface area contributed by atoms with Crippen molar-refractivity contribution in [2.24, 2.45) is 11.7 Å². The second kappa shape index (κ2) is 9.85. The third-order valence-electron chi connectivity index (χ3n) is 2.83. The molecule has 2 atom stereocenters. The van der Waals surface area contributed by atoms with Gasteiger partial charge in [-0.2, -0.15) is 0 Å². The van der Waals surface area contributed by atoms with Gasteiger partial charge in [0.05, 0.1) is 6.54 Å². The Morgan fingerprint density at radius 2 is 1.94 bits per heavy atom. The van der Waals surface area contributed by atoms with Crippen LogP contribution in [0.2, 0.25) is 0 Å². The van der Waals surface area contributed by atoms with E-state index in [1.54, 1.807) is 0 Å². The fourth-order valence-corrected chi connectivity index (χ4v) is 1.80. The molecule has 0 fully saturated rings. The van der Waals surface area contributed by atoms with Gasteiger partial charge in [0, 0.05) is 6.42 Å². The zero-order chi connectivity index (χ0) is 14.0. The van der Waals surface area contributed by atoms with Crippen LogP contribution in [0.3, 0.4) is 0 Å². The smallest absolute Gasteiger partial charge is 0.334 e. The van der Waals surface area contributed by atoms with Crippen molar-refractivity contribution in [3.05, 3.63) is 0 Å². The Hall–Kier alpha value is -1.14. The van der Waals surface area contributed by atoms with Gasteiger partial charge >= 0.3 is 5.97 Å². The van der Waals surface area contributed by atoms with Crippen LogP contribution in [0, 0.1) is 5.92 Å². The number of carboxylic acids is 1. The molecule has 0 radical (unpaired) electrons. The van der Waals surface area contributed by atoms with Crippen LogP contribution in [0.25, 0.3) is 0 Å². The van der Waals surface area contributed by atoms with E-state index < -0.39 is 12.1 Å². The van der Waals surface area contributed by atoms with Crippen LogP contribution in [-0.2, 0) is 9.59 Å². The van der Waals surface area contributed by atoms with E-state index in [0.717, 1.165) is 25.7 Å². The normalized spacial score (nSPS) is 13.9. The molecule has 0 spiro atoms. The van der Waals surface area contributed by atoms with E-state index in [1.165, 1.54) is 0 Å². The summed E-state index contributed by atoms with van der Waals surface area (Å²) < 4.78 is 0. The predicted molar refractivity (Wildman–Crippen MR) is 68.0 cm³/mol. The SMILES string of the molecule is CCCC(CCN)CCC(=O)NCC(O)C(=O)O. The molecule has 0 aromatic carbocycles. The molecule has 0 aliphatic heterocycles. The first-order chi connectivity index (χ1) is 8.51. The maximum absolute atomic E-state index is 11.4. The molecule has 0 aromatic rings. The van der Waals surface area contributed by atoms with Gasteiger partial charge < -0.3 is 21.3 Å². The van der Waals surface area contributed by atoms with Crippen LogP contribution >= 0.6 is 0 Å². The van der Waals surface area contributed by atoms with Crippen molar-refractivity contribution in [2.45, 2.75) is 45.1 Å². The molecule has 1 amide bonds. The molecule has 0 heterocycles. The third kappa shape index (κ3) is 8.03. The molecule has 2 unspecified atom stereocenters. The molecule has 0 saturated carbocycles. The Balaban J connectivity index is 3.83. The Morgan fingerprint density at radius 1 is 1.28 bits per heavy atom. The summed E-state index contributed by atoms with van der Waals surface area (Å²) in [7, 11) is 0. The molecular weight excluding hydrogens is 236 g/mol. The average molecular weight is 260 g/mol. The zero-order valence-electron chi connectivity index (χ0n) is 10.9. The molecule has 6 heteroatoms. The van der Waals surface area contributed by atoms with Crippen molar-refractivity contribution >= 4 is 11.9 Å². The van der Waals surface area contributed by atoms with E-state index in [-0.39, 0.29) is 12.5 Å². The minimum absolute atomic E-state index is 0.228. The molecule has 0 aromatic heterocycles. The van der Waals surface area contributed by atoms with E-state index >= 15 is 0 Å². The fourth-order valence-electron chi connectivity index (χ4n) is 1.80. The molecular formula is C12H24N2O4. The zero-order valence-corrected chi connectivity index (χ0v) is 10.9. The highest BCUT2D eigenvalue weighted by atomic mass is 16.4. The lowest BCUT2D eigenvalue weighted by atomic mass is 9.94. The first-order valence-electron chi connectivity index (χ1n) is 6.38. The number of hydrogen-bond donors (Lipinski definition) is 4. The van der Waals surface area contributed by atoms with Crippen LogP contribution in [0.4, 0.5) is 0 Å². The highest BCUT2D eigenvalue weighted by molar-refractivity contribution is 5.77. The molecule has 18 heavy (non-hydrogen) atoms. The number of aliphatic hydroxyl groups is 1. The van der Waals surface area contributed by atoms with Gasteiger partial charge in [-0.15, -0.1) is 0 Å². The quantitative estimate of drug-likeness (QED) is 0.445. The van der Waals surface area contributed by atoms with Gasteiger partial charge in [-0.05, 0) is 25.3 Å². The second-order valence-corrected chi connectivity index (χ2v) is 4.43. The van der Waals surface area contributed by atoms with E-state index in [4.69, 9.17) is 15.9 Å². The summed E-state index contributed by atoms with van der Waals surface area (Å²) in [4.78, 5) is 21.8. The van der Waals surface area contributed by atoms with Crippen LogP contribution < -0.4 is 11.1 Å². The molecule has 0 bridgehead atoms. The summed E-state index contributed by atoms with van der Waals surface area (Å²) in [6, 6.07) is 0. The summed E-state index contributed by atoms with van der Waals surface area (Å²) in [5, 5.41) is 19.8. The van der Waals surface area contributed by atoms with Crippen molar-refractivity contribution in [3.8, 4) is 0 Å². The lowest BCUT2D eigenvalue weighted by Crippen LogP contribution is -2.36. The molecule has 0 aliphatic rings. The Kier molecular flexibility index (Phi) is 9.22. The van der Waals surface area contributed by atoms with Crippen molar-refractivity contribution in [1.29, 1.82) is 0 Å². The van der Waals surface area contributed by atoms with Crippen molar-refractivity contribution in [3.63, 3.8) is 0 Å². The number of rotatable bonds is 10.